The van der Waals surface area contributed by atoms with Gasteiger partial charge >= 0.3 is 0 Å². The summed E-state index contributed by atoms with van der Waals surface area (Å²) >= 11 is 0. The van der Waals surface area contributed by atoms with Gasteiger partial charge in [0.15, 0.2) is 0 Å². The van der Waals surface area contributed by atoms with Crippen molar-refractivity contribution in [3.63, 3.8) is 0 Å². The number of amides is 3. The van der Waals surface area contributed by atoms with Crippen molar-refractivity contribution in [2.45, 2.75) is 32.4 Å². The second-order valence-corrected chi connectivity index (χ2v) is 6.09. The highest BCUT2D eigenvalue weighted by Gasteiger charge is 2.39. The Morgan fingerprint density at radius 3 is 2.59 bits per heavy atom. The number of nitrogens with one attached hydrogen (secondary N) is 1. The summed E-state index contributed by atoms with van der Waals surface area (Å²) in [7, 11) is 3.91. The first kappa shape index (κ1) is 14.6. The van der Waals surface area contributed by atoms with E-state index in [2.05, 4.69) is 5.32 Å². The van der Waals surface area contributed by atoms with Crippen molar-refractivity contribution in [2.75, 3.05) is 19.0 Å². The van der Waals surface area contributed by atoms with E-state index in [1.165, 1.54) is 0 Å². The topological polar surface area (TPSA) is 69.7 Å². The summed E-state index contributed by atoms with van der Waals surface area (Å²) in [5, 5.41) is 2.32. The largest absolute Gasteiger partial charge is 0.378 e. The second kappa shape index (κ2) is 5.12. The van der Waals surface area contributed by atoms with Gasteiger partial charge in [0.1, 0.15) is 6.04 Å². The highest BCUT2D eigenvalue weighted by atomic mass is 16.2. The lowest BCUT2D eigenvalue weighted by Crippen LogP contribution is -2.52. The van der Waals surface area contributed by atoms with Crippen LogP contribution in [0, 0.1) is 6.92 Å². The number of anilines is 1. The molecule has 1 aromatic rings. The first-order valence-electron chi connectivity index (χ1n) is 7.34. The summed E-state index contributed by atoms with van der Waals surface area (Å²) in [6.45, 7) is 2.33. The number of nitrogens with zero attached hydrogens (tertiary/aromatic N) is 2. The monoisotopic (exact) mass is 301 g/mol. The zero-order chi connectivity index (χ0) is 16.0. The highest BCUT2D eigenvalue weighted by Crippen LogP contribution is 2.32. The molecule has 3 rings (SSSR count). The number of piperidine rings is 1. The molecule has 0 aliphatic carbocycles. The van der Waals surface area contributed by atoms with Crippen LogP contribution in [0.4, 0.5) is 5.69 Å². The van der Waals surface area contributed by atoms with E-state index in [1.54, 1.807) is 4.90 Å². The number of hydrogen-bond acceptors (Lipinski definition) is 4. The second-order valence-electron chi connectivity index (χ2n) is 6.09. The van der Waals surface area contributed by atoms with E-state index in [0.29, 0.717) is 18.5 Å². The summed E-state index contributed by atoms with van der Waals surface area (Å²) in [5.41, 5.74) is 3.59. The van der Waals surface area contributed by atoms with Crippen molar-refractivity contribution < 1.29 is 14.4 Å². The van der Waals surface area contributed by atoms with Gasteiger partial charge < -0.3 is 9.80 Å². The zero-order valence-electron chi connectivity index (χ0n) is 13.0. The normalized spacial score (nSPS) is 21.0. The van der Waals surface area contributed by atoms with E-state index < -0.39 is 6.04 Å². The van der Waals surface area contributed by atoms with Gasteiger partial charge in [0.05, 0.1) is 0 Å². The Kier molecular flexibility index (Phi) is 3.39. The Balaban J connectivity index is 1.92. The molecule has 0 spiro atoms. The maximum absolute atomic E-state index is 12.7. The summed E-state index contributed by atoms with van der Waals surface area (Å²) in [4.78, 5) is 39.5. The molecule has 0 saturated carbocycles. The fourth-order valence-corrected chi connectivity index (χ4v) is 3.16. The van der Waals surface area contributed by atoms with Crippen LogP contribution in [0.1, 0.15) is 34.3 Å². The summed E-state index contributed by atoms with van der Waals surface area (Å²) in [5.74, 6) is -0.758. The fourth-order valence-electron chi connectivity index (χ4n) is 3.16. The minimum Gasteiger partial charge on any atom is -0.378 e. The van der Waals surface area contributed by atoms with Crippen molar-refractivity contribution in [1.82, 2.24) is 10.2 Å². The number of fused-ring (bicyclic) bond motifs is 1. The van der Waals surface area contributed by atoms with Crippen LogP contribution in [-0.2, 0) is 16.1 Å². The Morgan fingerprint density at radius 2 is 1.95 bits per heavy atom. The molecular weight excluding hydrogens is 282 g/mol. The van der Waals surface area contributed by atoms with E-state index >= 15 is 0 Å². The molecule has 1 atom stereocenters. The molecule has 116 valence electrons. The molecule has 6 nitrogen and oxygen atoms in total. The SMILES string of the molecule is Cc1cc(N(C)C)cc2c1C(=O)N(C1CCC(=O)NC1=O)C2. The smallest absolute Gasteiger partial charge is 0.255 e. The van der Waals surface area contributed by atoms with Crippen molar-refractivity contribution in [1.29, 1.82) is 0 Å². The third-order valence-electron chi connectivity index (χ3n) is 4.32. The van der Waals surface area contributed by atoms with Crippen molar-refractivity contribution >= 4 is 23.4 Å². The number of hydrogen-bond donors (Lipinski definition) is 1. The third kappa shape index (κ3) is 2.24. The van der Waals surface area contributed by atoms with Crippen LogP contribution in [0.15, 0.2) is 12.1 Å². The van der Waals surface area contributed by atoms with E-state index in [4.69, 9.17) is 0 Å². The number of imide groups is 1. The van der Waals surface area contributed by atoms with Crippen LogP contribution >= 0.6 is 0 Å². The molecule has 6 heteroatoms. The van der Waals surface area contributed by atoms with Crippen LogP contribution in [0.3, 0.4) is 0 Å². The van der Waals surface area contributed by atoms with Gasteiger partial charge in [-0.3, -0.25) is 19.7 Å². The molecule has 2 aliphatic rings. The lowest BCUT2D eigenvalue weighted by Gasteiger charge is -2.29. The Labute approximate surface area is 129 Å². The maximum atomic E-state index is 12.7. The lowest BCUT2D eigenvalue weighted by atomic mass is 10.0. The molecule has 2 heterocycles. The summed E-state index contributed by atoms with van der Waals surface area (Å²) < 4.78 is 0. The van der Waals surface area contributed by atoms with Crippen LogP contribution in [0.25, 0.3) is 0 Å². The average molecular weight is 301 g/mol. The maximum Gasteiger partial charge on any atom is 0.255 e. The number of benzene rings is 1. The highest BCUT2D eigenvalue weighted by molar-refractivity contribution is 6.06. The van der Waals surface area contributed by atoms with Crippen LogP contribution in [-0.4, -0.2) is 42.8 Å². The molecule has 0 radical (unpaired) electrons. The van der Waals surface area contributed by atoms with Crippen LogP contribution in [0.2, 0.25) is 0 Å². The number of carbonyl (C=O) groups is 3. The van der Waals surface area contributed by atoms with Gasteiger partial charge in [-0.15, -0.1) is 0 Å². The van der Waals surface area contributed by atoms with Crippen LogP contribution in [0.5, 0.6) is 0 Å². The lowest BCUT2D eigenvalue weighted by molar-refractivity contribution is -0.136. The fraction of sp³-hybridized carbons (Fsp3) is 0.438. The minimum absolute atomic E-state index is 0.118. The van der Waals surface area contributed by atoms with Gasteiger partial charge in [-0.2, -0.15) is 0 Å². The van der Waals surface area contributed by atoms with E-state index in [9.17, 15) is 14.4 Å². The van der Waals surface area contributed by atoms with Gasteiger partial charge in [-0.1, -0.05) is 0 Å². The molecule has 1 fully saturated rings. The minimum atomic E-state index is -0.556. The van der Waals surface area contributed by atoms with Gasteiger partial charge in [-0.05, 0) is 36.6 Å². The third-order valence-corrected chi connectivity index (χ3v) is 4.32. The molecule has 1 unspecified atom stereocenters. The first-order chi connectivity index (χ1) is 10.4. The molecule has 2 aliphatic heterocycles. The predicted molar refractivity (Wildman–Crippen MR) is 81.6 cm³/mol. The van der Waals surface area contributed by atoms with E-state index in [-0.39, 0.29) is 24.1 Å². The Bertz CT molecular complexity index is 681. The molecule has 3 amide bonds. The number of rotatable bonds is 2. The molecule has 22 heavy (non-hydrogen) atoms. The molecule has 1 aromatic carbocycles. The van der Waals surface area contributed by atoms with E-state index in [0.717, 1.165) is 16.8 Å². The summed E-state index contributed by atoms with van der Waals surface area (Å²) in [6.07, 6.45) is 0.669. The Hall–Kier alpha value is -2.37. The van der Waals surface area contributed by atoms with Crippen molar-refractivity contribution in [2.24, 2.45) is 0 Å². The quantitative estimate of drug-likeness (QED) is 0.821. The number of carbonyl (C=O) groups excluding carboxylic acids is 3. The van der Waals surface area contributed by atoms with Crippen molar-refractivity contribution in [3.8, 4) is 0 Å². The molecular formula is C16H19N3O3. The standard InChI is InChI=1S/C16H19N3O3/c1-9-6-11(18(2)3)7-10-8-19(16(22)14(9)10)12-4-5-13(20)17-15(12)21/h6-7,12H,4-5,8H2,1-3H3,(H,17,20,21). The summed E-state index contributed by atoms with van der Waals surface area (Å²) in [6, 6.07) is 3.41. The first-order valence-corrected chi connectivity index (χ1v) is 7.34. The van der Waals surface area contributed by atoms with Gasteiger partial charge in [0.25, 0.3) is 5.91 Å². The molecule has 1 saturated heterocycles. The zero-order valence-corrected chi connectivity index (χ0v) is 13.0. The average Bonchev–Trinajstić information content (AvgIpc) is 2.76. The molecule has 0 bridgehead atoms. The van der Waals surface area contributed by atoms with Gasteiger partial charge in [0, 0.05) is 38.3 Å². The molecule has 1 N–H and O–H groups in total. The predicted octanol–water partition coefficient (Wildman–Crippen LogP) is 0.822. The molecule has 0 aromatic heterocycles. The van der Waals surface area contributed by atoms with Crippen molar-refractivity contribution in [3.05, 3.63) is 28.8 Å². The van der Waals surface area contributed by atoms with E-state index in [1.807, 2.05) is 38.1 Å². The van der Waals surface area contributed by atoms with Crippen LogP contribution < -0.4 is 10.2 Å². The van der Waals surface area contributed by atoms with Gasteiger partial charge in [0.2, 0.25) is 11.8 Å². The Morgan fingerprint density at radius 1 is 1.23 bits per heavy atom. The number of aryl methyl sites for hydroxylation is 1. The van der Waals surface area contributed by atoms with Gasteiger partial charge in [-0.25, -0.2) is 0 Å².